The fourth-order valence-electron chi connectivity index (χ4n) is 1.63. The predicted octanol–water partition coefficient (Wildman–Crippen LogP) is 4.07. The molecule has 0 aromatic heterocycles. The van der Waals surface area contributed by atoms with Crippen molar-refractivity contribution in [3.05, 3.63) is 51.5 Å². The molecule has 0 aliphatic heterocycles. The van der Waals surface area contributed by atoms with E-state index in [-0.39, 0.29) is 11.7 Å². The Kier molecular flexibility index (Phi) is 4.52. The quantitative estimate of drug-likeness (QED) is 0.871. The number of phenolic OH excluding ortho intramolecular Hbond substituents is 1. The number of carbonyl (C=O) groups is 1. The number of amides is 1. The van der Waals surface area contributed by atoms with Gasteiger partial charge in [-0.15, -0.1) is 0 Å². The van der Waals surface area contributed by atoms with Crippen LogP contribution in [0.2, 0.25) is 5.02 Å². The van der Waals surface area contributed by atoms with Gasteiger partial charge in [-0.3, -0.25) is 4.79 Å². The van der Waals surface area contributed by atoms with Crippen LogP contribution in [0.15, 0.2) is 40.9 Å². The number of carbonyl (C=O) groups excluding carboxylic acids is 1. The van der Waals surface area contributed by atoms with Crippen molar-refractivity contribution in [3.63, 3.8) is 0 Å². The summed E-state index contributed by atoms with van der Waals surface area (Å²) in [5.74, 6) is -0.137. The van der Waals surface area contributed by atoms with Crippen LogP contribution < -0.4 is 10.1 Å². The number of anilines is 1. The predicted molar refractivity (Wildman–Crippen MR) is 81.8 cm³/mol. The monoisotopic (exact) mass is 355 g/mol. The Labute approximate surface area is 129 Å². The van der Waals surface area contributed by atoms with Crippen molar-refractivity contribution in [2.75, 3.05) is 12.4 Å². The Morgan fingerprint density at radius 2 is 2.10 bits per heavy atom. The zero-order valence-electron chi connectivity index (χ0n) is 10.5. The summed E-state index contributed by atoms with van der Waals surface area (Å²) in [4.78, 5) is 12.1. The number of rotatable bonds is 3. The molecule has 6 heteroatoms. The van der Waals surface area contributed by atoms with E-state index in [0.717, 1.165) is 0 Å². The highest BCUT2D eigenvalue weighted by molar-refractivity contribution is 9.10. The second kappa shape index (κ2) is 6.15. The highest BCUT2D eigenvalue weighted by Crippen LogP contribution is 2.31. The molecule has 0 radical (unpaired) electrons. The molecule has 104 valence electrons. The first kappa shape index (κ1) is 14.7. The van der Waals surface area contributed by atoms with Crippen molar-refractivity contribution < 1.29 is 14.6 Å². The van der Waals surface area contributed by atoms with Gasteiger partial charge in [0.1, 0.15) is 0 Å². The third-order valence-electron chi connectivity index (χ3n) is 2.64. The smallest absolute Gasteiger partial charge is 0.255 e. The van der Waals surface area contributed by atoms with Crippen molar-refractivity contribution in [1.29, 1.82) is 0 Å². The molecule has 0 unspecified atom stereocenters. The third-order valence-corrected chi connectivity index (χ3v) is 4.04. The van der Waals surface area contributed by atoms with Crippen molar-refractivity contribution in [3.8, 4) is 11.5 Å². The second-order valence-corrected chi connectivity index (χ2v) is 5.14. The highest BCUT2D eigenvalue weighted by atomic mass is 79.9. The summed E-state index contributed by atoms with van der Waals surface area (Å²) in [6, 6.07) is 9.59. The van der Waals surface area contributed by atoms with Crippen molar-refractivity contribution in [2.24, 2.45) is 0 Å². The van der Waals surface area contributed by atoms with E-state index in [1.165, 1.54) is 19.2 Å². The Morgan fingerprint density at radius 1 is 1.35 bits per heavy atom. The van der Waals surface area contributed by atoms with Crippen molar-refractivity contribution in [2.45, 2.75) is 0 Å². The molecule has 0 saturated carbocycles. The number of phenols is 1. The minimum Gasteiger partial charge on any atom is -0.504 e. The average molecular weight is 357 g/mol. The minimum atomic E-state index is -0.356. The molecule has 0 atom stereocenters. The van der Waals surface area contributed by atoms with Crippen LogP contribution in [0.1, 0.15) is 10.4 Å². The molecule has 0 aliphatic carbocycles. The van der Waals surface area contributed by atoms with E-state index >= 15 is 0 Å². The van der Waals surface area contributed by atoms with Gasteiger partial charge < -0.3 is 15.2 Å². The molecule has 2 aromatic rings. The zero-order valence-corrected chi connectivity index (χ0v) is 12.8. The summed E-state index contributed by atoms with van der Waals surface area (Å²) in [5, 5.41) is 12.9. The summed E-state index contributed by atoms with van der Waals surface area (Å²) in [5.41, 5.74) is 0.869. The lowest BCUT2D eigenvalue weighted by atomic mass is 10.2. The van der Waals surface area contributed by atoms with Gasteiger partial charge in [0.05, 0.1) is 22.3 Å². The normalized spacial score (nSPS) is 10.2. The maximum atomic E-state index is 12.1. The molecule has 0 heterocycles. The largest absolute Gasteiger partial charge is 0.504 e. The molecule has 0 aliphatic rings. The first-order valence-corrected chi connectivity index (χ1v) is 6.82. The SMILES string of the molecule is COc1ccc(C(=O)Nc2cccc(Cl)c2Br)cc1O. The van der Waals surface area contributed by atoms with Crippen LogP contribution in [0, 0.1) is 0 Å². The first-order valence-electron chi connectivity index (χ1n) is 5.65. The van der Waals surface area contributed by atoms with Gasteiger partial charge >= 0.3 is 0 Å². The summed E-state index contributed by atoms with van der Waals surface area (Å²) >= 11 is 9.26. The van der Waals surface area contributed by atoms with Crippen LogP contribution in [0.5, 0.6) is 11.5 Å². The van der Waals surface area contributed by atoms with Crippen LogP contribution in [0.25, 0.3) is 0 Å². The molecule has 2 rings (SSSR count). The summed E-state index contributed by atoms with van der Waals surface area (Å²) in [6.45, 7) is 0. The van der Waals surface area contributed by atoms with Gasteiger partial charge in [0, 0.05) is 5.56 Å². The number of hydrogen-bond acceptors (Lipinski definition) is 3. The lowest BCUT2D eigenvalue weighted by Gasteiger charge is -2.09. The van der Waals surface area contributed by atoms with Crippen LogP contribution in [0.3, 0.4) is 0 Å². The second-order valence-electron chi connectivity index (χ2n) is 3.94. The van der Waals surface area contributed by atoms with Gasteiger partial charge in [-0.05, 0) is 46.3 Å². The summed E-state index contributed by atoms with van der Waals surface area (Å²) < 4.78 is 5.53. The molecule has 4 nitrogen and oxygen atoms in total. The zero-order chi connectivity index (χ0) is 14.7. The molecular formula is C14H11BrClNO3. The Balaban J connectivity index is 2.24. The molecule has 0 bridgehead atoms. The van der Waals surface area contributed by atoms with Gasteiger partial charge in [-0.2, -0.15) is 0 Å². The molecule has 0 fully saturated rings. The molecule has 0 saturated heterocycles. The van der Waals surface area contributed by atoms with Crippen LogP contribution >= 0.6 is 27.5 Å². The van der Waals surface area contributed by atoms with E-state index < -0.39 is 0 Å². The van der Waals surface area contributed by atoms with Crippen molar-refractivity contribution in [1.82, 2.24) is 0 Å². The van der Waals surface area contributed by atoms with E-state index in [1.807, 2.05) is 0 Å². The fraction of sp³-hybridized carbons (Fsp3) is 0.0714. The number of methoxy groups -OCH3 is 1. The molecule has 20 heavy (non-hydrogen) atoms. The highest BCUT2D eigenvalue weighted by Gasteiger charge is 2.12. The van der Waals surface area contributed by atoms with E-state index in [4.69, 9.17) is 16.3 Å². The fourth-order valence-corrected chi connectivity index (χ4v) is 2.16. The molecule has 0 spiro atoms. The number of benzene rings is 2. The number of nitrogens with one attached hydrogen (secondary N) is 1. The third kappa shape index (κ3) is 3.05. The maximum Gasteiger partial charge on any atom is 0.255 e. The Hall–Kier alpha value is -1.72. The number of aromatic hydroxyl groups is 1. The van der Waals surface area contributed by atoms with Crippen LogP contribution in [-0.4, -0.2) is 18.1 Å². The average Bonchev–Trinajstić information content (AvgIpc) is 2.43. The van der Waals surface area contributed by atoms with Crippen LogP contribution in [0.4, 0.5) is 5.69 Å². The van der Waals surface area contributed by atoms with Gasteiger partial charge in [-0.1, -0.05) is 17.7 Å². The van der Waals surface area contributed by atoms with E-state index in [9.17, 15) is 9.90 Å². The number of halogens is 2. The maximum absolute atomic E-state index is 12.1. The topological polar surface area (TPSA) is 58.6 Å². The van der Waals surface area contributed by atoms with E-state index in [2.05, 4.69) is 21.2 Å². The molecule has 2 aromatic carbocycles. The van der Waals surface area contributed by atoms with Crippen LogP contribution in [-0.2, 0) is 0 Å². The Bertz CT molecular complexity index is 661. The molecular weight excluding hydrogens is 346 g/mol. The minimum absolute atomic E-state index is 0.0923. The van der Waals surface area contributed by atoms with E-state index in [0.29, 0.717) is 26.5 Å². The molecule has 2 N–H and O–H groups in total. The van der Waals surface area contributed by atoms with Gasteiger partial charge in [0.25, 0.3) is 5.91 Å². The van der Waals surface area contributed by atoms with Gasteiger partial charge in [-0.25, -0.2) is 0 Å². The van der Waals surface area contributed by atoms with Gasteiger partial charge in [0.15, 0.2) is 11.5 Å². The molecule has 1 amide bonds. The lowest BCUT2D eigenvalue weighted by molar-refractivity contribution is 0.102. The standard InChI is InChI=1S/C14H11BrClNO3/c1-20-12-6-5-8(7-11(12)18)14(19)17-10-4-2-3-9(16)13(10)15/h2-7,18H,1H3,(H,17,19). The Morgan fingerprint density at radius 3 is 2.75 bits per heavy atom. The number of ether oxygens (including phenoxy) is 1. The van der Waals surface area contributed by atoms with Crippen molar-refractivity contribution >= 4 is 39.1 Å². The van der Waals surface area contributed by atoms with Gasteiger partial charge in [0.2, 0.25) is 0 Å². The first-order chi connectivity index (χ1) is 9.52. The lowest BCUT2D eigenvalue weighted by Crippen LogP contribution is -2.12. The summed E-state index contributed by atoms with van der Waals surface area (Å²) in [6.07, 6.45) is 0. The van der Waals surface area contributed by atoms with E-state index in [1.54, 1.807) is 24.3 Å². The summed E-state index contributed by atoms with van der Waals surface area (Å²) in [7, 11) is 1.44. The number of hydrogen-bond donors (Lipinski definition) is 2.